The summed E-state index contributed by atoms with van der Waals surface area (Å²) in [6, 6.07) is 3.36. The molecule has 0 amide bonds. The molecular formula is C9H11ClFNO. The van der Waals surface area contributed by atoms with Crippen LogP contribution in [0.25, 0.3) is 0 Å². The second-order valence-electron chi connectivity index (χ2n) is 2.93. The van der Waals surface area contributed by atoms with Gasteiger partial charge in [0, 0.05) is 10.6 Å². The van der Waals surface area contributed by atoms with E-state index < -0.39 is 18.0 Å². The summed E-state index contributed by atoms with van der Waals surface area (Å²) in [5, 5.41) is 9.56. The second-order valence-corrected chi connectivity index (χ2v) is 3.37. The Morgan fingerprint density at radius 1 is 1.54 bits per heavy atom. The Hall–Kier alpha value is -0.640. The molecule has 0 aliphatic rings. The van der Waals surface area contributed by atoms with Gasteiger partial charge >= 0.3 is 0 Å². The molecule has 72 valence electrons. The van der Waals surface area contributed by atoms with Crippen LogP contribution in [0.1, 0.15) is 18.5 Å². The van der Waals surface area contributed by atoms with Crippen LogP contribution in [0.5, 0.6) is 0 Å². The highest BCUT2D eigenvalue weighted by Crippen LogP contribution is 2.21. The SMILES string of the molecule is C[C@H](O)[C@@H](N)c1cc(Cl)ccc1F. The zero-order valence-electron chi connectivity index (χ0n) is 7.17. The van der Waals surface area contributed by atoms with E-state index in [9.17, 15) is 4.39 Å². The molecule has 0 aliphatic heterocycles. The van der Waals surface area contributed by atoms with Crippen LogP contribution in [0.4, 0.5) is 4.39 Å². The molecule has 0 fully saturated rings. The van der Waals surface area contributed by atoms with Crippen molar-refractivity contribution in [2.75, 3.05) is 0 Å². The average Bonchev–Trinajstić information content (AvgIpc) is 2.08. The Morgan fingerprint density at radius 2 is 2.15 bits per heavy atom. The van der Waals surface area contributed by atoms with Gasteiger partial charge in [-0.3, -0.25) is 0 Å². The van der Waals surface area contributed by atoms with Crippen LogP contribution in [-0.2, 0) is 0 Å². The third-order valence-corrected chi connectivity index (χ3v) is 2.07. The highest BCUT2D eigenvalue weighted by molar-refractivity contribution is 6.30. The van der Waals surface area contributed by atoms with Crippen LogP contribution in [-0.4, -0.2) is 11.2 Å². The molecule has 0 spiro atoms. The van der Waals surface area contributed by atoms with E-state index in [1.165, 1.54) is 25.1 Å². The first kappa shape index (κ1) is 10.4. The summed E-state index contributed by atoms with van der Waals surface area (Å²) in [6.45, 7) is 1.50. The number of hydrogen-bond acceptors (Lipinski definition) is 2. The predicted octanol–water partition coefficient (Wildman–Crippen LogP) is 1.86. The number of rotatable bonds is 2. The van der Waals surface area contributed by atoms with Gasteiger partial charge in [-0.15, -0.1) is 0 Å². The van der Waals surface area contributed by atoms with E-state index in [0.717, 1.165) is 0 Å². The topological polar surface area (TPSA) is 46.2 Å². The maximum atomic E-state index is 13.1. The van der Waals surface area contributed by atoms with Gasteiger partial charge in [-0.05, 0) is 25.1 Å². The molecule has 0 aliphatic carbocycles. The molecule has 13 heavy (non-hydrogen) atoms. The molecule has 0 bridgehead atoms. The minimum absolute atomic E-state index is 0.238. The molecular weight excluding hydrogens is 193 g/mol. The third-order valence-electron chi connectivity index (χ3n) is 1.84. The Kier molecular flexibility index (Phi) is 3.25. The van der Waals surface area contributed by atoms with Crippen LogP contribution in [0, 0.1) is 5.82 Å². The molecule has 2 nitrogen and oxygen atoms in total. The molecule has 0 radical (unpaired) electrons. The van der Waals surface area contributed by atoms with Crippen molar-refractivity contribution in [3.8, 4) is 0 Å². The van der Waals surface area contributed by atoms with E-state index in [-0.39, 0.29) is 5.56 Å². The summed E-state index contributed by atoms with van der Waals surface area (Å²) < 4.78 is 13.1. The molecule has 1 aromatic rings. The van der Waals surface area contributed by atoms with E-state index in [2.05, 4.69) is 0 Å². The Bertz CT molecular complexity index is 304. The maximum absolute atomic E-state index is 13.1. The minimum atomic E-state index is -0.798. The Labute approximate surface area is 81.1 Å². The molecule has 0 saturated heterocycles. The van der Waals surface area contributed by atoms with Crippen molar-refractivity contribution in [1.29, 1.82) is 0 Å². The first-order chi connectivity index (χ1) is 6.02. The molecule has 4 heteroatoms. The van der Waals surface area contributed by atoms with E-state index in [1.807, 2.05) is 0 Å². The summed E-state index contributed by atoms with van der Waals surface area (Å²) >= 11 is 5.66. The van der Waals surface area contributed by atoms with Crippen molar-refractivity contribution < 1.29 is 9.50 Å². The zero-order valence-corrected chi connectivity index (χ0v) is 7.92. The predicted molar refractivity (Wildman–Crippen MR) is 50.0 cm³/mol. The summed E-state index contributed by atoms with van der Waals surface area (Å²) in [4.78, 5) is 0. The summed E-state index contributed by atoms with van der Waals surface area (Å²) in [7, 11) is 0. The van der Waals surface area contributed by atoms with Crippen LogP contribution in [0.2, 0.25) is 5.02 Å². The highest BCUT2D eigenvalue weighted by atomic mass is 35.5. The molecule has 2 atom stereocenters. The minimum Gasteiger partial charge on any atom is -0.391 e. The molecule has 1 aromatic carbocycles. The first-order valence-electron chi connectivity index (χ1n) is 3.91. The summed E-state index contributed by atoms with van der Waals surface area (Å²) in [5.41, 5.74) is 5.80. The fraction of sp³-hybridized carbons (Fsp3) is 0.333. The molecule has 0 aromatic heterocycles. The zero-order chi connectivity index (χ0) is 10.0. The Morgan fingerprint density at radius 3 is 2.69 bits per heavy atom. The van der Waals surface area contributed by atoms with E-state index in [1.54, 1.807) is 0 Å². The van der Waals surface area contributed by atoms with Crippen molar-refractivity contribution in [3.63, 3.8) is 0 Å². The molecule has 0 heterocycles. The molecule has 0 unspecified atom stereocenters. The quantitative estimate of drug-likeness (QED) is 0.771. The first-order valence-corrected chi connectivity index (χ1v) is 4.28. The number of benzene rings is 1. The van der Waals surface area contributed by atoms with Crippen molar-refractivity contribution in [2.24, 2.45) is 5.73 Å². The number of halogens is 2. The van der Waals surface area contributed by atoms with Gasteiger partial charge in [-0.2, -0.15) is 0 Å². The number of aliphatic hydroxyl groups excluding tert-OH is 1. The van der Waals surface area contributed by atoms with Crippen molar-refractivity contribution in [3.05, 3.63) is 34.6 Å². The molecule has 1 rings (SSSR count). The smallest absolute Gasteiger partial charge is 0.128 e. The van der Waals surface area contributed by atoms with Gasteiger partial charge in [0.15, 0.2) is 0 Å². The third kappa shape index (κ3) is 2.40. The van der Waals surface area contributed by atoms with Crippen molar-refractivity contribution >= 4 is 11.6 Å². The lowest BCUT2D eigenvalue weighted by Crippen LogP contribution is -2.24. The van der Waals surface area contributed by atoms with Gasteiger partial charge in [0.05, 0.1) is 12.1 Å². The lowest BCUT2D eigenvalue weighted by atomic mass is 10.0. The van der Waals surface area contributed by atoms with Gasteiger partial charge < -0.3 is 10.8 Å². The maximum Gasteiger partial charge on any atom is 0.128 e. The summed E-state index contributed by atoms with van der Waals surface area (Å²) in [5.74, 6) is -0.446. The van der Waals surface area contributed by atoms with Crippen LogP contribution >= 0.6 is 11.6 Å². The van der Waals surface area contributed by atoms with Gasteiger partial charge in [-0.1, -0.05) is 11.6 Å². The van der Waals surface area contributed by atoms with Crippen molar-refractivity contribution in [2.45, 2.75) is 19.1 Å². The number of hydrogen-bond donors (Lipinski definition) is 2. The lowest BCUT2D eigenvalue weighted by Gasteiger charge is -2.15. The van der Waals surface area contributed by atoms with Crippen LogP contribution in [0.3, 0.4) is 0 Å². The van der Waals surface area contributed by atoms with Gasteiger partial charge in [0.1, 0.15) is 5.82 Å². The van der Waals surface area contributed by atoms with E-state index in [4.69, 9.17) is 22.4 Å². The Balaban J connectivity index is 3.05. The summed E-state index contributed by atoms with van der Waals surface area (Å²) in [6.07, 6.45) is -0.798. The molecule has 3 N–H and O–H groups in total. The van der Waals surface area contributed by atoms with E-state index in [0.29, 0.717) is 5.02 Å². The largest absolute Gasteiger partial charge is 0.391 e. The fourth-order valence-electron chi connectivity index (χ4n) is 1.03. The van der Waals surface area contributed by atoms with E-state index >= 15 is 0 Å². The normalized spacial score (nSPS) is 15.5. The number of nitrogens with two attached hydrogens (primary N) is 1. The van der Waals surface area contributed by atoms with Gasteiger partial charge in [-0.25, -0.2) is 4.39 Å². The fourth-order valence-corrected chi connectivity index (χ4v) is 1.21. The standard InChI is InChI=1S/C9H11ClFNO/c1-5(13)9(12)7-4-6(10)2-3-8(7)11/h2-5,9,13H,12H2,1H3/t5-,9+/m0/s1. The van der Waals surface area contributed by atoms with Crippen LogP contribution < -0.4 is 5.73 Å². The molecule has 0 saturated carbocycles. The van der Waals surface area contributed by atoms with Gasteiger partial charge in [0.2, 0.25) is 0 Å². The monoisotopic (exact) mass is 203 g/mol. The number of aliphatic hydroxyl groups is 1. The van der Waals surface area contributed by atoms with Crippen molar-refractivity contribution in [1.82, 2.24) is 0 Å². The van der Waals surface area contributed by atoms with Gasteiger partial charge in [0.25, 0.3) is 0 Å². The lowest BCUT2D eigenvalue weighted by molar-refractivity contribution is 0.162. The highest BCUT2D eigenvalue weighted by Gasteiger charge is 2.16. The average molecular weight is 204 g/mol. The second kappa shape index (κ2) is 4.05. The van der Waals surface area contributed by atoms with Crippen LogP contribution in [0.15, 0.2) is 18.2 Å².